The summed E-state index contributed by atoms with van der Waals surface area (Å²) in [6.07, 6.45) is -0.250. The Bertz CT molecular complexity index is 857. The van der Waals surface area contributed by atoms with Gasteiger partial charge in [0, 0.05) is 20.5 Å². The fourth-order valence-corrected chi connectivity index (χ4v) is 4.32. The molecule has 0 radical (unpaired) electrons. The van der Waals surface area contributed by atoms with E-state index in [0.717, 1.165) is 11.1 Å². The SMILES string of the molecule is CN(C)C(=N)SC1CC(OCc2ccccc2)C(OCc2ccccc2)C(CC#N)O1. The predicted molar refractivity (Wildman–Crippen MR) is 123 cm³/mol. The Kier molecular flexibility index (Phi) is 8.92. The number of amidine groups is 1. The lowest BCUT2D eigenvalue weighted by molar-refractivity contribution is -0.189. The number of hydrogen-bond acceptors (Lipinski definition) is 6. The molecular weight excluding hydrogens is 410 g/mol. The second kappa shape index (κ2) is 11.9. The first kappa shape index (κ1) is 23.3. The predicted octanol–water partition coefficient (Wildman–Crippen LogP) is 4.42. The second-order valence-corrected chi connectivity index (χ2v) is 8.76. The van der Waals surface area contributed by atoms with Gasteiger partial charge in [-0.15, -0.1) is 0 Å². The van der Waals surface area contributed by atoms with Crippen molar-refractivity contribution in [2.24, 2.45) is 0 Å². The molecule has 164 valence electrons. The van der Waals surface area contributed by atoms with Crippen LogP contribution in [0.2, 0.25) is 0 Å². The Balaban J connectivity index is 1.74. The Labute approximate surface area is 188 Å². The fraction of sp³-hybridized carbons (Fsp3) is 0.417. The van der Waals surface area contributed by atoms with Crippen molar-refractivity contribution in [1.29, 1.82) is 10.7 Å². The van der Waals surface area contributed by atoms with Crippen LogP contribution in [0.3, 0.4) is 0 Å². The summed E-state index contributed by atoms with van der Waals surface area (Å²) < 4.78 is 18.8. The zero-order valence-electron chi connectivity index (χ0n) is 17.9. The van der Waals surface area contributed by atoms with E-state index in [9.17, 15) is 5.26 Å². The first-order chi connectivity index (χ1) is 15.1. The van der Waals surface area contributed by atoms with Gasteiger partial charge in [0.2, 0.25) is 0 Å². The minimum Gasteiger partial charge on any atom is -0.371 e. The van der Waals surface area contributed by atoms with Crippen molar-refractivity contribution in [3.05, 3.63) is 71.8 Å². The molecule has 1 aliphatic heterocycles. The van der Waals surface area contributed by atoms with Gasteiger partial charge in [0.05, 0.1) is 31.8 Å². The van der Waals surface area contributed by atoms with Gasteiger partial charge in [0.25, 0.3) is 0 Å². The van der Waals surface area contributed by atoms with Gasteiger partial charge < -0.3 is 19.1 Å². The molecule has 4 atom stereocenters. The number of benzene rings is 2. The Hall–Kier alpha value is -2.37. The van der Waals surface area contributed by atoms with Crippen LogP contribution in [0.25, 0.3) is 0 Å². The summed E-state index contributed by atoms with van der Waals surface area (Å²) in [5, 5.41) is 18.0. The van der Waals surface area contributed by atoms with Crippen LogP contribution in [-0.2, 0) is 27.4 Å². The summed E-state index contributed by atoms with van der Waals surface area (Å²) in [4.78, 5) is 1.74. The highest BCUT2D eigenvalue weighted by Gasteiger charge is 2.41. The Morgan fingerprint density at radius 3 is 2.19 bits per heavy atom. The average Bonchev–Trinajstić information content (AvgIpc) is 2.78. The van der Waals surface area contributed by atoms with Gasteiger partial charge >= 0.3 is 0 Å². The normalized spacial score (nSPS) is 23.1. The highest BCUT2D eigenvalue weighted by Crippen LogP contribution is 2.34. The zero-order valence-corrected chi connectivity index (χ0v) is 18.8. The molecule has 1 saturated heterocycles. The molecule has 1 heterocycles. The Morgan fingerprint density at radius 1 is 1.06 bits per heavy atom. The van der Waals surface area contributed by atoms with Crippen LogP contribution in [0.5, 0.6) is 0 Å². The van der Waals surface area contributed by atoms with E-state index in [1.165, 1.54) is 11.8 Å². The van der Waals surface area contributed by atoms with E-state index in [-0.39, 0.29) is 24.1 Å². The maximum Gasteiger partial charge on any atom is 0.158 e. The summed E-state index contributed by atoms with van der Waals surface area (Å²) in [6, 6.07) is 22.2. The van der Waals surface area contributed by atoms with Gasteiger partial charge in [-0.2, -0.15) is 5.26 Å². The van der Waals surface area contributed by atoms with Gasteiger partial charge in [-0.3, -0.25) is 5.41 Å². The minimum atomic E-state index is -0.421. The Morgan fingerprint density at radius 2 is 1.65 bits per heavy atom. The molecule has 0 saturated carbocycles. The standard InChI is InChI=1S/C24H29N3O3S/c1-27(2)24(26)31-22-15-21(28-16-18-9-5-3-6-10-18)23(20(30-22)13-14-25)29-17-19-11-7-4-8-12-19/h3-12,20-23,26H,13,15-17H2,1-2H3. The van der Waals surface area contributed by atoms with Gasteiger partial charge in [0.1, 0.15) is 17.6 Å². The van der Waals surface area contributed by atoms with Crippen LogP contribution in [-0.4, -0.2) is 47.9 Å². The summed E-state index contributed by atoms with van der Waals surface area (Å²) in [5.74, 6) is 0. The first-order valence-electron chi connectivity index (χ1n) is 10.3. The summed E-state index contributed by atoms with van der Waals surface area (Å²) in [5.41, 5.74) is 1.87. The molecule has 0 aliphatic carbocycles. The lowest BCUT2D eigenvalue weighted by Crippen LogP contribution is -2.50. The van der Waals surface area contributed by atoms with Gasteiger partial charge in [-0.1, -0.05) is 72.4 Å². The third kappa shape index (κ3) is 7.08. The number of rotatable bonds is 8. The summed E-state index contributed by atoms with van der Waals surface area (Å²) in [7, 11) is 3.67. The molecule has 1 fully saturated rings. The molecule has 0 spiro atoms. The molecule has 2 aromatic carbocycles. The molecule has 0 aromatic heterocycles. The monoisotopic (exact) mass is 439 g/mol. The zero-order chi connectivity index (χ0) is 22.1. The topological polar surface area (TPSA) is 78.6 Å². The average molecular weight is 440 g/mol. The molecule has 6 nitrogen and oxygen atoms in total. The van der Waals surface area contributed by atoms with Crippen molar-refractivity contribution >= 4 is 16.9 Å². The number of nitriles is 1. The molecule has 1 N–H and O–H groups in total. The van der Waals surface area contributed by atoms with E-state index in [2.05, 4.69) is 6.07 Å². The molecule has 31 heavy (non-hydrogen) atoms. The van der Waals surface area contributed by atoms with Crippen molar-refractivity contribution in [3.8, 4) is 6.07 Å². The molecule has 7 heteroatoms. The summed E-state index contributed by atoms with van der Waals surface area (Å²) in [6.45, 7) is 0.881. The largest absolute Gasteiger partial charge is 0.371 e. The maximum absolute atomic E-state index is 9.39. The quantitative estimate of drug-likeness (QED) is 0.485. The molecule has 0 amide bonds. The second-order valence-electron chi connectivity index (χ2n) is 7.62. The van der Waals surface area contributed by atoms with Crippen molar-refractivity contribution < 1.29 is 14.2 Å². The summed E-state index contributed by atoms with van der Waals surface area (Å²) >= 11 is 1.34. The van der Waals surface area contributed by atoms with E-state index in [1.54, 1.807) is 4.90 Å². The third-order valence-corrected chi connectivity index (χ3v) is 6.17. The smallest absolute Gasteiger partial charge is 0.158 e. The molecule has 3 rings (SSSR count). The maximum atomic E-state index is 9.39. The van der Waals surface area contributed by atoms with E-state index < -0.39 is 6.10 Å². The van der Waals surface area contributed by atoms with Crippen molar-refractivity contribution in [3.63, 3.8) is 0 Å². The molecule has 1 aliphatic rings. The van der Waals surface area contributed by atoms with Crippen LogP contribution >= 0.6 is 11.8 Å². The van der Waals surface area contributed by atoms with Crippen LogP contribution in [0.1, 0.15) is 24.0 Å². The highest BCUT2D eigenvalue weighted by atomic mass is 32.2. The fourth-order valence-electron chi connectivity index (χ4n) is 3.37. The number of thioether (sulfide) groups is 1. The molecule has 2 aromatic rings. The lowest BCUT2D eigenvalue weighted by atomic mass is 9.99. The number of hydrogen-bond donors (Lipinski definition) is 1. The van der Waals surface area contributed by atoms with Crippen molar-refractivity contribution in [2.75, 3.05) is 14.1 Å². The molecular formula is C24H29N3O3S. The van der Waals surface area contributed by atoms with Crippen LogP contribution in [0, 0.1) is 16.7 Å². The van der Waals surface area contributed by atoms with E-state index >= 15 is 0 Å². The third-order valence-electron chi connectivity index (χ3n) is 5.02. The van der Waals surface area contributed by atoms with Crippen molar-refractivity contribution in [2.45, 2.75) is 49.8 Å². The van der Waals surface area contributed by atoms with E-state index in [4.69, 9.17) is 19.6 Å². The molecule has 0 bridgehead atoms. The van der Waals surface area contributed by atoms with Crippen LogP contribution in [0.15, 0.2) is 60.7 Å². The van der Waals surface area contributed by atoms with Crippen LogP contribution in [0.4, 0.5) is 0 Å². The highest BCUT2D eigenvalue weighted by molar-refractivity contribution is 8.14. The lowest BCUT2D eigenvalue weighted by Gasteiger charge is -2.41. The van der Waals surface area contributed by atoms with Gasteiger partial charge in [-0.05, 0) is 11.1 Å². The minimum absolute atomic E-state index is 0.205. The number of nitrogens with zero attached hydrogens (tertiary/aromatic N) is 2. The van der Waals surface area contributed by atoms with E-state index in [0.29, 0.717) is 24.8 Å². The number of nitrogens with one attached hydrogen (secondary N) is 1. The van der Waals surface area contributed by atoms with Crippen LogP contribution < -0.4 is 0 Å². The van der Waals surface area contributed by atoms with Gasteiger partial charge in [0.15, 0.2) is 5.17 Å². The van der Waals surface area contributed by atoms with E-state index in [1.807, 2.05) is 74.8 Å². The van der Waals surface area contributed by atoms with Gasteiger partial charge in [-0.25, -0.2) is 0 Å². The molecule has 4 unspecified atom stereocenters. The van der Waals surface area contributed by atoms with Crippen molar-refractivity contribution in [1.82, 2.24) is 4.90 Å². The first-order valence-corrected chi connectivity index (χ1v) is 11.2. The number of ether oxygens (including phenoxy) is 3.